The molecular formula is C19H29N3O4. The van der Waals surface area contributed by atoms with Crippen LogP contribution in [0.2, 0.25) is 0 Å². The number of carbonyl (C=O) groups is 2. The first kappa shape index (κ1) is 20.4. The van der Waals surface area contributed by atoms with Gasteiger partial charge in [-0.05, 0) is 51.6 Å². The number of hydrogen-bond donors (Lipinski definition) is 2. The van der Waals surface area contributed by atoms with Gasteiger partial charge in [0.1, 0.15) is 6.10 Å². The van der Waals surface area contributed by atoms with Gasteiger partial charge >= 0.3 is 0 Å². The molecule has 1 aromatic carbocycles. The van der Waals surface area contributed by atoms with Crippen LogP contribution in [0.1, 0.15) is 25.3 Å². The first-order valence-corrected chi connectivity index (χ1v) is 8.98. The molecule has 2 amide bonds. The van der Waals surface area contributed by atoms with Gasteiger partial charge in [-0.25, -0.2) is 0 Å². The number of benzene rings is 1. The molecule has 1 saturated heterocycles. The van der Waals surface area contributed by atoms with Gasteiger partial charge in [0.25, 0.3) is 0 Å². The topological polar surface area (TPSA) is 79.9 Å². The predicted octanol–water partition coefficient (Wildman–Crippen LogP) is 1.39. The summed E-state index contributed by atoms with van der Waals surface area (Å²) in [5, 5.41) is 5.70. The number of nitrogens with zero attached hydrogens (tertiary/aromatic N) is 1. The summed E-state index contributed by atoms with van der Waals surface area (Å²) in [6.45, 7) is 3.66. The molecule has 2 atom stereocenters. The molecule has 26 heavy (non-hydrogen) atoms. The van der Waals surface area contributed by atoms with Crippen LogP contribution >= 0.6 is 0 Å². The van der Waals surface area contributed by atoms with Gasteiger partial charge in [-0.2, -0.15) is 0 Å². The molecule has 1 aromatic rings. The van der Waals surface area contributed by atoms with Crippen molar-refractivity contribution in [1.82, 2.24) is 10.2 Å². The Morgan fingerprint density at radius 3 is 2.88 bits per heavy atom. The minimum absolute atomic E-state index is 0.0765. The Morgan fingerprint density at radius 1 is 1.38 bits per heavy atom. The lowest BCUT2D eigenvalue weighted by atomic mass is 10.2. The van der Waals surface area contributed by atoms with E-state index in [-0.39, 0.29) is 17.9 Å². The molecule has 2 rings (SSSR count). The summed E-state index contributed by atoms with van der Waals surface area (Å²) in [5.74, 6) is -0.239. The highest BCUT2D eigenvalue weighted by Crippen LogP contribution is 2.13. The van der Waals surface area contributed by atoms with Crippen molar-refractivity contribution in [1.29, 1.82) is 0 Å². The molecule has 0 bridgehead atoms. The maximum Gasteiger partial charge on any atom is 0.249 e. The van der Waals surface area contributed by atoms with E-state index in [1.807, 2.05) is 38.4 Å². The lowest BCUT2D eigenvalue weighted by Gasteiger charge is -2.16. The van der Waals surface area contributed by atoms with Crippen molar-refractivity contribution < 1.29 is 19.1 Å². The highest BCUT2D eigenvalue weighted by molar-refractivity contribution is 5.92. The van der Waals surface area contributed by atoms with Gasteiger partial charge in [-0.3, -0.25) is 9.59 Å². The summed E-state index contributed by atoms with van der Waals surface area (Å²) in [5.41, 5.74) is 1.62. The van der Waals surface area contributed by atoms with Crippen LogP contribution in [-0.4, -0.2) is 62.8 Å². The number of amides is 2. The van der Waals surface area contributed by atoms with E-state index >= 15 is 0 Å². The van der Waals surface area contributed by atoms with Crippen LogP contribution in [0.5, 0.6) is 0 Å². The SMILES string of the molecule is CC(OCC1CCCO1)C(=O)NCc1cccc(NC(=O)CN(C)C)c1. The molecule has 7 heteroatoms. The Kier molecular flexibility index (Phi) is 8.03. The average molecular weight is 363 g/mol. The zero-order chi connectivity index (χ0) is 18.9. The van der Waals surface area contributed by atoms with Crippen molar-refractivity contribution in [2.45, 2.75) is 38.5 Å². The molecule has 0 saturated carbocycles. The molecule has 0 radical (unpaired) electrons. The standard InChI is InChI=1S/C19H29N3O4/c1-14(26-13-17-8-5-9-25-17)19(24)20-11-15-6-4-7-16(10-15)21-18(23)12-22(2)3/h4,6-7,10,14,17H,5,8-9,11-13H2,1-3H3,(H,20,24)(H,21,23). The van der Waals surface area contributed by atoms with E-state index in [2.05, 4.69) is 10.6 Å². The highest BCUT2D eigenvalue weighted by Gasteiger charge is 2.19. The zero-order valence-corrected chi connectivity index (χ0v) is 15.8. The fraction of sp³-hybridized carbons (Fsp3) is 0.579. The monoisotopic (exact) mass is 363 g/mol. The number of ether oxygens (including phenoxy) is 2. The van der Waals surface area contributed by atoms with Gasteiger partial charge in [-0.15, -0.1) is 0 Å². The lowest BCUT2D eigenvalue weighted by molar-refractivity contribution is -0.133. The third-order valence-electron chi connectivity index (χ3n) is 4.06. The number of anilines is 1. The molecule has 0 aliphatic carbocycles. The second kappa shape index (κ2) is 10.3. The number of rotatable bonds is 9. The minimum Gasteiger partial charge on any atom is -0.376 e. The third-order valence-corrected chi connectivity index (χ3v) is 4.06. The molecular weight excluding hydrogens is 334 g/mol. The summed E-state index contributed by atoms with van der Waals surface area (Å²) in [6.07, 6.45) is 1.62. The Morgan fingerprint density at radius 2 is 2.19 bits per heavy atom. The second-order valence-electron chi connectivity index (χ2n) is 6.81. The zero-order valence-electron chi connectivity index (χ0n) is 15.8. The first-order valence-electron chi connectivity index (χ1n) is 8.98. The van der Waals surface area contributed by atoms with Crippen LogP contribution in [0.3, 0.4) is 0 Å². The maximum atomic E-state index is 12.2. The van der Waals surface area contributed by atoms with Crippen molar-refractivity contribution in [3.05, 3.63) is 29.8 Å². The molecule has 2 unspecified atom stereocenters. The Labute approximate surface area is 155 Å². The molecule has 2 N–H and O–H groups in total. The van der Waals surface area contributed by atoms with E-state index in [1.54, 1.807) is 11.8 Å². The molecule has 1 heterocycles. The number of carbonyl (C=O) groups excluding carboxylic acids is 2. The van der Waals surface area contributed by atoms with Crippen LogP contribution in [0.15, 0.2) is 24.3 Å². The number of nitrogens with one attached hydrogen (secondary N) is 2. The van der Waals surface area contributed by atoms with Gasteiger partial charge < -0.3 is 25.0 Å². The van der Waals surface area contributed by atoms with Crippen molar-refractivity contribution in [2.75, 3.05) is 39.2 Å². The first-order chi connectivity index (χ1) is 12.4. The maximum absolute atomic E-state index is 12.2. The van der Waals surface area contributed by atoms with Crippen LogP contribution in [-0.2, 0) is 25.6 Å². The lowest BCUT2D eigenvalue weighted by Crippen LogP contribution is -2.35. The fourth-order valence-corrected chi connectivity index (χ4v) is 2.68. The van der Waals surface area contributed by atoms with Gasteiger partial charge in [0.2, 0.25) is 11.8 Å². The van der Waals surface area contributed by atoms with Crippen molar-refractivity contribution in [3.63, 3.8) is 0 Å². The van der Waals surface area contributed by atoms with Crippen molar-refractivity contribution in [3.8, 4) is 0 Å². The van der Waals surface area contributed by atoms with Gasteiger partial charge in [0.05, 0.1) is 19.3 Å². The quantitative estimate of drug-likeness (QED) is 0.693. The largest absolute Gasteiger partial charge is 0.376 e. The fourth-order valence-electron chi connectivity index (χ4n) is 2.68. The van der Waals surface area contributed by atoms with Gasteiger partial charge in [-0.1, -0.05) is 12.1 Å². The predicted molar refractivity (Wildman–Crippen MR) is 99.9 cm³/mol. The summed E-state index contributed by atoms with van der Waals surface area (Å²) in [6, 6.07) is 7.43. The third kappa shape index (κ3) is 7.11. The van der Waals surface area contributed by atoms with E-state index in [4.69, 9.17) is 9.47 Å². The van der Waals surface area contributed by atoms with Gasteiger partial charge in [0, 0.05) is 18.8 Å². The smallest absolute Gasteiger partial charge is 0.249 e. The van der Waals surface area contributed by atoms with E-state index in [0.717, 1.165) is 25.0 Å². The molecule has 144 valence electrons. The number of likely N-dealkylation sites (N-methyl/N-ethyl adjacent to an activating group) is 1. The second-order valence-corrected chi connectivity index (χ2v) is 6.81. The Balaban J connectivity index is 1.76. The Bertz CT molecular complexity index is 600. The molecule has 7 nitrogen and oxygen atoms in total. The number of hydrogen-bond acceptors (Lipinski definition) is 5. The van der Waals surface area contributed by atoms with Crippen molar-refractivity contribution in [2.24, 2.45) is 0 Å². The minimum atomic E-state index is -0.526. The van der Waals surface area contributed by atoms with Crippen LogP contribution < -0.4 is 10.6 Å². The van der Waals surface area contributed by atoms with Gasteiger partial charge in [0.15, 0.2) is 0 Å². The van der Waals surface area contributed by atoms with E-state index in [1.165, 1.54) is 0 Å². The molecule has 1 fully saturated rings. The average Bonchev–Trinajstić information content (AvgIpc) is 3.10. The Hall–Kier alpha value is -1.96. The molecule has 1 aliphatic heterocycles. The molecule has 0 spiro atoms. The molecule has 1 aliphatic rings. The van der Waals surface area contributed by atoms with Crippen LogP contribution in [0, 0.1) is 0 Å². The van der Waals surface area contributed by atoms with E-state index in [9.17, 15) is 9.59 Å². The van der Waals surface area contributed by atoms with E-state index in [0.29, 0.717) is 25.4 Å². The summed E-state index contributed by atoms with van der Waals surface area (Å²) < 4.78 is 11.1. The van der Waals surface area contributed by atoms with Crippen LogP contribution in [0.25, 0.3) is 0 Å². The summed E-state index contributed by atoms with van der Waals surface area (Å²) in [4.78, 5) is 25.8. The summed E-state index contributed by atoms with van der Waals surface area (Å²) in [7, 11) is 3.68. The molecule has 0 aromatic heterocycles. The summed E-state index contributed by atoms with van der Waals surface area (Å²) >= 11 is 0. The highest BCUT2D eigenvalue weighted by atomic mass is 16.5. The van der Waals surface area contributed by atoms with Crippen LogP contribution in [0.4, 0.5) is 5.69 Å². The normalized spacial score (nSPS) is 17.9. The van der Waals surface area contributed by atoms with E-state index < -0.39 is 6.10 Å². The van der Waals surface area contributed by atoms with Crippen molar-refractivity contribution >= 4 is 17.5 Å².